The Hall–Kier alpha value is -3.15. The zero-order chi connectivity index (χ0) is 18.5. The van der Waals surface area contributed by atoms with Gasteiger partial charge >= 0.3 is 0 Å². The number of para-hydroxylation sites is 2. The van der Waals surface area contributed by atoms with E-state index in [1.807, 2.05) is 50.2 Å². The van der Waals surface area contributed by atoms with Crippen molar-refractivity contribution in [1.82, 2.24) is 15.3 Å². The summed E-state index contributed by atoms with van der Waals surface area (Å²) in [5, 5.41) is 5.58. The maximum atomic E-state index is 12.6. The first kappa shape index (κ1) is 17.7. The monoisotopic (exact) mass is 350 g/mol. The van der Waals surface area contributed by atoms with Crippen molar-refractivity contribution < 1.29 is 9.59 Å². The van der Waals surface area contributed by atoms with Gasteiger partial charge in [-0.15, -0.1) is 0 Å². The Bertz CT molecular complexity index is 882. The summed E-state index contributed by atoms with van der Waals surface area (Å²) in [5.41, 5.74) is 3.24. The zero-order valence-electron chi connectivity index (χ0n) is 14.9. The summed E-state index contributed by atoms with van der Waals surface area (Å²) in [6.45, 7) is 3.93. The van der Waals surface area contributed by atoms with Gasteiger partial charge in [0.2, 0.25) is 11.9 Å². The van der Waals surface area contributed by atoms with Crippen LogP contribution in [0.25, 0.3) is 11.0 Å². The van der Waals surface area contributed by atoms with Crippen LogP contribution < -0.4 is 10.6 Å². The third-order valence-electron chi connectivity index (χ3n) is 4.14. The van der Waals surface area contributed by atoms with Gasteiger partial charge in [-0.05, 0) is 37.6 Å². The molecule has 2 amide bonds. The molecule has 0 fully saturated rings. The van der Waals surface area contributed by atoms with E-state index in [-0.39, 0.29) is 11.8 Å². The molecule has 0 aliphatic rings. The van der Waals surface area contributed by atoms with Crippen molar-refractivity contribution in [2.45, 2.75) is 32.7 Å². The van der Waals surface area contributed by atoms with Crippen molar-refractivity contribution in [2.75, 3.05) is 5.32 Å². The van der Waals surface area contributed by atoms with Crippen molar-refractivity contribution in [1.29, 1.82) is 0 Å². The SMILES string of the molecule is CCC[C@H](NC(=O)c1ccc(C)cc1)C(=O)Nc1nc2ccccc2[nH]1. The molecular formula is C20H22N4O2. The number of aromatic nitrogens is 2. The Morgan fingerprint density at radius 2 is 1.85 bits per heavy atom. The van der Waals surface area contributed by atoms with Gasteiger partial charge in [0.05, 0.1) is 11.0 Å². The molecular weight excluding hydrogens is 328 g/mol. The fourth-order valence-corrected chi connectivity index (χ4v) is 2.72. The molecule has 0 saturated heterocycles. The highest BCUT2D eigenvalue weighted by Gasteiger charge is 2.21. The molecule has 1 atom stereocenters. The Labute approximate surface area is 152 Å². The minimum Gasteiger partial charge on any atom is -0.340 e. The number of fused-ring (bicyclic) bond motifs is 1. The number of amides is 2. The molecule has 0 aliphatic carbocycles. The lowest BCUT2D eigenvalue weighted by molar-refractivity contribution is -0.118. The number of carbonyl (C=O) groups excluding carboxylic acids is 2. The quantitative estimate of drug-likeness (QED) is 0.637. The second-order valence-corrected chi connectivity index (χ2v) is 6.27. The first-order chi connectivity index (χ1) is 12.6. The highest BCUT2D eigenvalue weighted by molar-refractivity contribution is 6.01. The lowest BCUT2D eigenvalue weighted by Crippen LogP contribution is -2.43. The maximum absolute atomic E-state index is 12.6. The summed E-state index contributed by atoms with van der Waals surface area (Å²) in [4.78, 5) is 32.4. The van der Waals surface area contributed by atoms with Crippen LogP contribution in [-0.4, -0.2) is 27.8 Å². The van der Waals surface area contributed by atoms with Gasteiger partial charge in [-0.1, -0.05) is 43.2 Å². The van der Waals surface area contributed by atoms with Crippen molar-refractivity contribution in [2.24, 2.45) is 0 Å². The van der Waals surface area contributed by atoms with Gasteiger partial charge in [0.25, 0.3) is 5.91 Å². The molecule has 0 saturated carbocycles. The van der Waals surface area contributed by atoms with Gasteiger partial charge in [-0.3, -0.25) is 14.9 Å². The van der Waals surface area contributed by atoms with E-state index in [1.165, 1.54) is 0 Å². The van der Waals surface area contributed by atoms with Gasteiger partial charge < -0.3 is 10.3 Å². The Morgan fingerprint density at radius 3 is 2.54 bits per heavy atom. The molecule has 1 aromatic heterocycles. The van der Waals surface area contributed by atoms with E-state index in [2.05, 4.69) is 20.6 Å². The van der Waals surface area contributed by atoms with Gasteiger partial charge in [0.15, 0.2) is 0 Å². The number of nitrogens with one attached hydrogen (secondary N) is 3. The molecule has 3 aromatic rings. The van der Waals surface area contributed by atoms with Crippen molar-refractivity contribution >= 4 is 28.8 Å². The minimum absolute atomic E-state index is 0.261. The van der Waals surface area contributed by atoms with Gasteiger partial charge in [-0.25, -0.2) is 4.98 Å². The van der Waals surface area contributed by atoms with Gasteiger partial charge in [-0.2, -0.15) is 0 Å². The summed E-state index contributed by atoms with van der Waals surface area (Å²) < 4.78 is 0. The van der Waals surface area contributed by atoms with Crippen LogP contribution in [0.5, 0.6) is 0 Å². The van der Waals surface area contributed by atoms with Gasteiger partial charge in [0.1, 0.15) is 6.04 Å². The normalized spacial score (nSPS) is 11.9. The smallest absolute Gasteiger partial charge is 0.251 e. The summed E-state index contributed by atoms with van der Waals surface area (Å²) in [6, 6.07) is 14.2. The third kappa shape index (κ3) is 4.08. The topological polar surface area (TPSA) is 86.9 Å². The standard InChI is InChI=1S/C20H22N4O2/c1-3-6-17(21-18(25)14-11-9-13(2)10-12-14)19(26)24-20-22-15-7-4-5-8-16(15)23-20/h4-5,7-12,17H,3,6H2,1-2H3,(H,21,25)(H2,22,23,24,26)/t17-/m0/s1. The second-order valence-electron chi connectivity index (χ2n) is 6.27. The number of aromatic amines is 1. The first-order valence-electron chi connectivity index (χ1n) is 8.70. The lowest BCUT2D eigenvalue weighted by Gasteiger charge is -2.17. The molecule has 0 radical (unpaired) electrons. The van der Waals surface area contributed by atoms with Gasteiger partial charge in [0, 0.05) is 5.56 Å². The van der Waals surface area contributed by atoms with Crippen LogP contribution in [0.15, 0.2) is 48.5 Å². The summed E-state index contributed by atoms with van der Waals surface area (Å²) in [5.74, 6) is -0.170. The van der Waals surface area contributed by atoms with E-state index in [0.29, 0.717) is 17.9 Å². The largest absolute Gasteiger partial charge is 0.340 e. The number of hydrogen-bond acceptors (Lipinski definition) is 3. The van der Waals surface area contributed by atoms with Crippen LogP contribution in [-0.2, 0) is 4.79 Å². The Balaban J connectivity index is 1.70. The molecule has 134 valence electrons. The minimum atomic E-state index is -0.623. The predicted octanol–water partition coefficient (Wildman–Crippen LogP) is 3.41. The molecule has 0 spiro atoms. The molecule has 0 aliphatic heterocycles. The molecule has 6 nitrogen and oxygen atoms in total. The average Bonchev–Trinajstić information content (AvgIpc) is 3.04. The zero-order valence-corrected chi connectivity index (χ0v) is 14.9. The molecule has 3 N–H and O–H groups in total. The molecule has 3 rings (SSSR count). The number of rotatable bonds is 6. The van der Waals surface area contributed by atoms with Crippen molar-refractivity contribution in [3.8, 4) is 0 Å². The maximum Gasteiger partial charge on any atom is 0.251 e. The number of aryl methyl sites for hydroxylation is 1. The van der Waals surface area contributed by atoms with Crippen LogP contribution in [0.2, 0.25) is 0 Å². The van der Waals surface area contributed by atoms with E-state index in [1.54, 1.807) is 12.1 Å². The number of H-pyrrole nitrogens is 1. The van der Waals surface area contributed by atoms with Crippen LogP contribution in [0, 0.1) is 6.92 Å². The number of carbonyl (C=O) groups is 2. The first-order valence-corrected chi connectivity index (χ1v) is 8.70. The van der Waals surface area contributed by atoms with E-state index >= 15 is 0 Å². The third-order valence-corrected chi connectivity index (χ3v) is 4.14. The van der Waals surface area contributed by atoms with E-state index in [0.717, 1.165) is 23.0 Å². The number of benzene rings is 2. The summed E-state index contributed by atoms with van der Waals surface area (Å²) in [6.07, 6.45) is 1.32. The van der Waals surface area contributed by atoms with E-state index in [9.17, 15) is 9.59 Å². The molecule has 0 unspecified atom stereocenters. The van der Waals surface area contributed by atoms with Crippen LogP contribution >= 0.6 is 0 Å². The fraction of sp³-hybridized carbons (Fsp3) is 0.250. The predicted molar refractivity (Wildman–Crippen MR) is 102 cm³/mol. The van der Waals surface area contributed by atoms with Crippen molar-refractivity contribution in [3.63, 3.8) is 0 Å². The van der Waals surface area contributed by atoms with Crippen molar-refractivity contribution in [3.05, 3.63) is 59.7 Å². The fourth-order valence-electron chi connectivity index (χ4n) is 2.72. The molecule has 2 aromatic carbocycles. The van der Waals surface area contributed by atoms with Crippen LogP contribution in [0.1, 0.15) is 35.7 Å². The molecule has 26 heavy (non-hydrogen) atoms. The number of hydrogen-bond donors (Lipinski definition) is 3. The molecule has 1 heterocycles. The Morgan fingerprint density at radius 1 is 1.12 bits per heavy atom. The number of nitrogens with zero attached hydrogens (tertiary/aromatic N) is 1. The van der Waals surface area contributed by atoms with Crippen LogP contribution in [0.4, 0.5) is 5.95 Å². The summed E-state index contributed by atoms with van der Waals surface area (Å²) >= 11 is 0. The Kier molecular flexibility index (Phi) is 5.31. The average molecular weight is 350 g/mol. The van der Waals surface area contributed by atoms with Crippen LogP contribution in [0.3, 0.4) is 0 Å². The number of imidazole rings is 1. The highest BCUT2D eigenvalue weighted by Crippen LogP contribution is 2.14. The molecule has 6 heteroatoms. The number of anilines is 1. The van der Waals surface area contributed by atoms with E-state index < -0.39 is 6.04 Å². The van der Waals surface area contributed by atoms with E-state index in [4.69, 9.17) is 0 Å². The second kappa shape index (κ2) is 7.82. The lowest BCUT2D eigenvalue weighted by atomic mass is 10.1. The molecule has 0 bridgehead atoms. The summed E-state index contributed by atoms with van der Waals surface area (Å²) in [7, 11) is 0. The highest BCUT2D eigenvalue weighted by atomic mass is 16.2.